The van der Waals surface area contributed by atoms with Crippen molar-refractivity contribution in [3.05, 3.63) is 95.6 Å². The predicted molar refractivity (Wildman–Crippen MR) is 158 cm³/mol. The Bertz CT molecular complexity index is 1380. The van der Waals surface area contributed by atoms with Crippen LogP contribution in [0.15, 0.2) is 78.9 Å². The molecule has 2 saturated heterocycles. The van der Waals surface area contributed by atoms with Crippen LogP contribution in [0.25, 0.3) is 6.08 Å². The van der Waals surface area contributed by atoms with Crippen molar-refractivity contribution >= 4 is 35.0 Å². The Morgan fingerprint density at radius 1 is 1.00 bits per heavy atom. The first kappa shape index (κ1) is 26.3. The number of anilines is 3. The van der Waals surface area contributed by atoms with Crippen molar-refractivity contribution in [3.63, 3.8) is 0 Å². The van der Waals surface area contributed by atoms with Crippen molar-refractivity contribution in [1.82, 2.24) is 10.2 Å². The van der Waals surface area contributed by atoms with Crippen LogP contribution in [-0.4, -0.2) is 55.1 Å². The van der Waals surface area contributed by atoms with Gasteiger partial charge in [-0.2, -0.15) is 0 Å². The first-order valence-electron chi connectivity index (χ1n) is 14.0. The molecule has 0 spiro atoms. The Labute approximate surface area is 234 Å². The average molecular weight is 538 g/mol. The summed E-state index contributed by atoms with van der Waals surface area (Å²) in [5, 5.41) is 9.35. The molecule has 5 N–H and O–H groups in total. The van der Waals surface area contributed by atoms with Gasteiger partial charge in [0, 0.05) is 31.4 Å². The third kappa shape index (κ3) is 6.09. The highest BCUT2D eigenvalue weighted by Gasteiger charge is 2.46. The van der Waals surface area contributed by atoms with Gasteiger partial charge in [0.05, 0.1) is 30.1 Å². The maximum Gasteiger partial charge on any atom is 0.248 e. The molecule has 1 aliphatic carbocycles. The van der Waals surface area contributed by atoms with Gasteiger partial charge in [-0.15, -0.1) is 0 Å². The molecule has 3 atom stereocenters. The summed E-state index contributed by atoms with van der Waals surface area (Å²) in [6.07, 6.45) is 6.10. The van der Waals surface area contributed by atoms with Gasteiger partial charge < -0.3 is 26.4 Å². The van der Waals surface area contributed by atoms with E-state index in [1.54, 1.807) is 18.2 Å². The molecular formula is C32H35N5O3. The lowest BCUT2D eigenvalue weighted by Crippen LogP contribution is -2.71. The van der Waals surface area contributed by atoms with Gasteiger partial charge in [0.15, 0.2) is 0 Å². The fourth-order valence-corrected chi connectivity index (χ4v) is 5.26. The van der Waals surface area contributed by atoms with Crippen LogP contribution in [0, 0.1) is 0 Å². The van der Waals surface area contributed by atoms with E-state index in [-0.39, 0.29) is 11.8 Å². The zero-order valence-corrected chi connectivity index (χ0v) is 22.4. The second kappa shape index (κ2) is 11.6. The predicted octanol–water partition coefficient (Wildman–Crippen LogP) is 4.15. The molecule has 2 unspecified atom stereocenters. The van der Waals surface area contributed by atoms with E-state index in [1.807, 2.05) is 48.5 Å². The molecule has 3 fully saturated rings. The molecule has 8 heteroatoms. The lowest BCUT2D eigenvalue weighted by atomic mass is 9.95. The minimum Gasteiger partial charge on any atom is -0.397 e. The van der Waals surface area contributed by atoms with E-state index >= 15 is 0 Å². The van der Waals surface area contributed by atoms with E-state index in [0.29, 0.717) is 36.0 Å². The number of carbonyl (C=O) groups is 2. The molecule has 3 aliphatic rings. The molecule has 0 bridgehead atoms. The van der Waals surface area contributed by atoms with Gasteiger partial charge in [0.25, 0.3) is 0 Å². The number of ether oxygens (including phenoxy) is 1. The van der Waals surface area contributed by atoms with Crippen LogP contribution in [-0.2, 0) is 14.3 Å². The van der Waals surface area contributed by atoms with E-state index in [4.69, 9.17) is 10.5 Å². The second-order valence-electron chi connectivity index (χ2n) is 10.8. The summed E-state index contributed by atoms with van der Waals surface area (Å²) in [7, 11) is 0. The summed E-state index contributed by atoms with van der Waals surface area (Å²) < 4.78 is 5.51. The molecular weight excluding hydrogens is 502 g/mol. The lowest BCUT2D eigenvalue weighted by molar-refractivity contribution is -0.213. The van der Waals surface area contributed by atoms with Crippen molar-refractivity contribution in [3.8, 4) is 0 Å². The van der Waals surface area contributed by atoms with Gasteiger partial charge >= 0.3 is 0 Å². The smallest absolute Gasteiger partial charge is 0.248 e. The van der Waals surface area contributed by atoms with Gasteiger partial charge in [0.1, 0.15) is 6.04 Å². The first-order valence-corrected chi connectivity index (χ1v) is 14.0. The van der Waals surface area contributed by atoms with Gasteiger partial charge in [-0.25, -0.2) is 0 Å². The number of nitrogens with one attached hydrogen (secondary N) is 3. The summed E-state index contributed by atoms with van der Waals surface area (Å²) in [5.41, 5.74) is 10.8. The first-order chi connectivity index (χ1) is 19.5. The Morgan fingerprint density at radius 2 is 1.77 bits per heavy atom. The molecule has 2 amide bonds. The number of para-hydroxylation sites is 2. The van der Waals surface area contributed by atoms with Crippen LogP contribution >= 0.6 is 0 Å². The van der Waals surface area contributed by atoms with Crippen molar-refractivity contribution in [2.75, 3.05) is 42.6 Å². The Hall–Kier alpha value is -3.98. The number of likely N-dealkylation sites (tertiary alicyclic amines) is 1. The van der Waals surface area contributed by atoms with E-state index in [9.17, 15) is 9.59 Å². The van der Waals surface area contributed by atoms with Crippen LogP contribution in [0.3, 0.4) is 0 Å². The molecule has 2 heterocycles. The number of fused-ring (bicyclic) bond motifs is 1. The number of nitrogen functional groups attached to an aromatic ring is 1. The fraction of sp³-hybridized carbons (Fsp3) is 0.312. The summed E-state index contributed by atoms with van der Waals surface area (Å²) >= 11 is 0. The van der Waals surface area contributed by atoms with E-state index in [0.717, 1.165) is 36.5 Å². The van der Waals surface area contributed by atoms with Crippen molar-refractivity contribution in [2.24, 2.45) is 0 Å². The zero-order chi connectivity index (χ0) is 27.5. The maximum atomic E-state index is 13.4. The average Bonchev–Trinajstić information content (AvgIpc) is 3.80. The largest absolute Gasteiger partial charge is 0.397 e. The standard InChI is InChI=1S/C32H35N5O3/c33-26-3-1-2-4-27(26)36-30(38)16-7-21-5-8-24(9-6-21)31(34-17-18-37-19-29-28(37)20-40-29)32(39)35-25-14-12-23(13-15-25)22-10-11-22/h1-9,12-16,22,28-29,31,34H,10-11,17-20,33H2,(H,35,39)(H,36,38)/b16-7+/t28-,29?,31?/m1/s1. The number of nitrogens with zero attached hydrogens (tertiary/aromatic N) is 1. The molecule has 0 radical (unpaired) electrons. The highest BCUT2D eigenvalue weighted by atomic mass is 16.5. The van der Waals surface area contributed by atoms with Crippen LogP contribution in [0.1, 0.15) is 41.5 Å². The molecule has 1 saturated carbocycles. The summed E-state index contributed by atoms with van der Waals surface area (Å²) in [5.74, 6) is 0.311. The van der Waals surface area contributed by atoms with Crippen molar-refractivity contribution in [2.45, 2.75) is 36.9 Å². The molecule has 0 aromatic heterocycles. The normalized spacial score (nSPS) is 20.7. The lowest BCUT2D eigenvalue weighted by Gasteiger charge is -2.55. The number of hydrogen-bond donors (Lipinski definition) is 4. The van der Waals surface area contributed by atoms with Gasteiger partial charge in [-0.05, 0) is 65.8 Å². The molecule has 3 aromatic rings. The number of nitrogens with two attached hydrogens (primary N) is 1. The van der Waals surface area contributed by atoms with Crippen LogP contribution in [0.2, 0.25) is 0 Å². The molecule has 6 rings (SSSR count). The van der Waals surface area contributed by atoms with E-state index < -0.39 is 6.04 Å². The number of carbonyl (C=O) groups excluding carboxylic acids is 2. The molecule has 206 valence electrons. The van der Waals surface area contributed by atoms with Gasteiger partial charge in [-0.3, -0.25) is 14.5 Å². The molecule has 2 aliphatic heterocycles. The van der Waals surface area contributed by atoms with Gasteiger partial charge in [-0.1, -0.05) is 48.5 Å². The van der Waals surface area contributed by atoms with Crippen LogP contribution in [0.5, 0.6) is 0 Å². The summed E-state index contributed by atoms with van der Waals surface area (Å²) in [6.45, 7) is 3.32. The number of morpholine rings is 1. The second-order valence-corrected chi connectivity index (χ2v) is 10.8. The Balaban J connectivity index is 1.10. The maximum absolute atomic E-state index is 13.4. The van der Waals surface area contributed by atoms with Crippen molar-refractivity contribution < 1.29 is 14.3 Å². The van der Waals surface area contributed by atoms with E-state index in [1.165, 1.54) is 24.5 Å². The third-order valence-corrected chi connectivity index (χ3v) is 7.95. The highest BCUT2D eigenvalue weighted by molar-refractivity contribution is 6.03. The molecule has 3 aromatic carbocycles. The number of amides is 2. The van der Waals surface area contributed by atoms with Crippen LogP contribution < -0.4 is 21.7 Å². The number of hydrogen-bond acceptors (Lipinski definition) is 6. The molecule has 8 nitrogen and oxygen atoms in total. The van der Waals surface area contributed by atoms with Gasteiger partial charge in [0.2, 0.25) is 11.8 Å². The third-order valence-electron chi connectivity index (χ3n) is 7.95. The van der Waals surface area contributed by atoms with Crippen LogP contribution in [0.4, 0.5) is 17.1 Å². The monoisotopic (exact) mass is 537 g/mol. The van der Waals surface area contributed by atoms with E-state index in [2.05, 4.69) is 33.0 Å². The minimum absolute atomic E-state index is 0.101. The Kier molecular flexibility index (Phi) is 7.64. The topological polar surface area (TPSA) is 109 Å². The summed E-state index contributed by atoms with van der Waals surface area (Å²) in [4.78, 5) is 28.2. The SMILES string of the molecule is Nc1ccccc1NC(=O)/C=C/c1ccc(C(NCCN2CC3OC[C@H]32)C(=O)Nc2ccc(C3CC3)cc2)cc1. The van der Waals surface area contributed by atoms with Crippen molar-refractivity contribution in [1.29, 1.82) is 0 Å². The zero-order valence-electron chi connectivity index (χ0n) is 22.4. The Morgan fingerprint density at radius 3 is 2.42 bits per heavy atom. The number of benzene rings is 3. The fourth-order valence-electron chi connectivity index (χ4n) is 5.26. The summed E-state index contributed by atoms with van der Waals surface area (Å²) in [6, 6.07) is 23.0. The minimum atomic E-state index is -0.514. The molecule has 40 heavy (non-hydrogen) atoms. The highest BCUT2D eigenvalue weighted by Crippen LogP contribution is 2.40. The quantitative estimate of drug-likeness (QED) is 0.216. The number of rotatable bonds is 11.